The normalized spacial score (nSPS) is 19.9. The summed E-state index contributed by atoms with van der Waals surface area (Å²) in [6, 6.07) is 0.299. The van der Waals surface area contributed by atoms with Crippen molar-refractivity contribution in [2.75, 3.05) is 19.8 Å². The molecule has 1 fully saturated rings. The summed E-state index contributed by atoms with van der Waals surface area (Å²) < 4.78 is 5.31. The highest BCUT2D eigenvalue weighted by molar-refractivity contribution is 5.76. The molecule has 0 aromatic rings. The molecule has 1 aliphatic heterocycles. The van der Waals surface area contributed by atoms with E-state index in [0.717, 1.165) is 32.5 Å². The van der Waals surface area contributed by atoms with Gasteiger partial charge in [-0.1, -0.05) is 6.92 Å². The van der Waals surface area contributed by atoms with Gasteiger partial charge in [0.05, 0.1) is 0 Å². The van der Waals surface area contributed by atoms with Gasteiger partial charge in [-0.05, 0) is 25.2 Å². The van der Waals surface area contributed by atoms with Crippen molar-refractivity contribution in [2.45, 2.75) is 38.6 Å². The van der Waals surface area contributed by atoms with E-state index in [-0.39, 0.29) is 5.91 Å². The van der Waals surface area contributed by atoms with Gasteiger partial charge in [0, 0.05) is 32.2 Å². The Kier molecular flexibility index (Phi) is 5.65. The Morgan fingerprint density at radius 3 is 2.73 bits per heavy atom. The van der Waals surface area contributed by atoms with Gasteiger partial charge in [-0.25, -0.2) is 0 Å². The molecule has 0 bridgehead atoms. The maximum Gasteiger partial charge on any atom is 0.221 e. The van der Waals surface area contributed by atoms with Crippen LogP contribution in [0, 0.1) is 5.92 Å². The largest absolute Gasteiger partial charge is 0.381 e. The van der Waals surface area contributed by atoms with Gasteiger partial charge in [0.15, 0.2) is 0 Å². The molecule has 1 amide bonds. The molecule has 1 heterocycles. The summed E-state index contributed by atoms with van der Waals surface area (Å²) >= 11 is 0. The molecule has 1 unspecified atom stereocenters. The van der Waals surface area contributed by atoms with Crippen LogP contribution in [0.5, 0.6) is 0 Å². The summed E-state index contributed by atoms with van der Waals surface area (Å²) in [4.78, 5) is 11.4. The summed E-state index contributed by atoms with van der Waals surface area (Å²) in [5, 5.41) is 3.06. The first-order valence-corrected chi connectivity index (χ1v) is 5.85. The highest BCUT2D eigenvalue weighted by Gasteiger charge is 2.23. The fourth-order valence-corrected chi connectivity index (χ4v) is 2.08. The second kappa shape index (κ2) is 6.80. The molecule has 0 aliphatic carbocycles. The molecule has 15 heavy (non-hydrogen) atoms. The lowest BCUT2D eigenvalue weighted by Crippen LogP contribution is -2.42. The van der Waals surface area contributed by atoms with Gasteiger partial charge in [-0.3, -0.25) is 4.79 Å². The SMILES string of the molecule is CCC(NC(=O)CCN)C1CCOCC1. The summed E-state index contributed by atoms with van der Waals surface area (Å²) in [7, 11) is 0. The van der Waals surface area contributed by atoms with Gasteiger partial charge in [-0.2, -0.15) is 0 Å². The Morgan fingerprint density at radius 2 is 2.20 bits per heavy atom. The minimum Gasteiger partial charge on any atom is -0.381 e. The van der Waals surface area contributed by atoms with Crippen LogP contribution in [0.1, 0.15) is 32.6 Å². The monoisotopic (exact) mass is 214 g/mol. The fraction of sp³-hybridized carbons (Fsp3) is 0.909. The number of nitrogens with two attached hydrogens (primary N) is 1. The van der Waals surface area contributed by atoms with Gasteiger partial charge in [0.25, 0.3) is 0 Å². The van der Waals surface area contributed by atoms with Crippen LogP contribution in [-0.2, 0) is 9.53 Å². The van der Waals surface area contributed by atoms with E-state index in [1.54, 1.807) is 0 Å². The Bertz CT molecular complexity index is 191. The summed E-state index contributed by atoms with van der Waals surface area (Å²) in [5.41, 5.74) is 5.34. The summed E-state index contributed by atoms with van der Waals surface area (Å²) in [6.45, 7) is 4.20. The third-order valence-electron chi connectivity index (χ3n) is 2.99. The van der Waals surface area contributed by atoms with Gasteiger partial charge >= 0.3 is 0 Å². The van der Waals surface area contributed by atoms with Crippen LogP contribution < -0.4 is 11.1 Å². The fourth-order valence-electron chi connectivity index (χ4n) is 2.08. The van der Waals surface area contributed by atoms with E-state index in [0.29, 0.717) is 24.9 Å². The van der Waals surface area contributed by atoms with Crippen molar-refractivity contribution in [2.24, 2.45) is 11.7 Å². The van der Waals surface area contributed by atoms with Crippen LogP contribution >= 0.6 is 0 Å². The number of ether oxygens (including phenoxy) is 1. The number of rotatable bonds is 5. The van der Waals surface area contributed by atoms with Gasteiger partial charge in [0.2, 0.25) is 5.91 Å². The molecular formula is C11H22N2O2. The lowest BCUT2D eigenvalue weighted by Gasteiger charge is -2.30. The molecule has 1 rings (SSSR count). The van der Waals surface area contributed by atoms with Crippen LogP contribution in [0.15, 0.2) is 0 Å². The first-order chi connectivity index (χ1) is 7.27. The zero-order valence-electron chi connectivity index (χ0n) is 9.50. The number of amides is 1. The van der Waals surface area contributed by atoms with Gasteiger partial charge in [0.1, 0.15) is 0 Å². The quantitative estimate of drug-likeness (QED) is 0.706. The third-order valence-corrected chi connectivity index (χ3v) is 2.99. The number of nitrogens with one attached hydrogen (secondary N) is 1. The molecule has 4 nitrogen and oxygen atoms in total. The summed E-state index contributed by atoms with van der Waals surface area (Å²) in [6.07, 6.45) is 3.53. The van der Waals surface area contributed by atoms with E-state index in [1.807, 2.05) is 0 Å². The van der Waals surface area contributed by atoms with Crippen LogP contribution in [0.25, 0.3) is 0 Å². The molecule has 3 N–H and O–H groups in total. The van der Waals surface area contributed by atoms with Crippen LogP contribution in [0.2, 0.25) is 0 Å². The van der Waals surface area contributed by atoms with Crippen molar-refractivity contribution in [3.8, 4) is 0 Å². The lowest BCUT2D eigenvalue weighted by atomic mass is 9.90. The van der Waals surface area contributed by atoms with Crippen LogP contribution in [0.3, 0.4) is 0 Å². The molecule has 1 aliphatic rings. The van der Waals surface area contributed by atoms with Crippen molar-refractivity contribution in [1.29, 1.82) is 0 Å². The average molecular weight is 214 g/mol. The highest BCUT2D eigenvalue weighted by atomic mass is 16.5. The highest BCUT2D eigenvalue weighted by Crippen LogP contribution is 2.20. The maximum absolute atomic E-state index is 11.4. The minimum atomic E-state index is 0.0795. The molecular weight excluding hydrogens is 192 g/mol. The zero-order valence-corrected chi connectivity index (χ0v) is 9.50. The topological polar surface area (TPSA) is 64.4 Å². The molecule has 0 aromatic carbocycles. The van der Waals surface area contributed by atoms with Crippen molar-refractivity contribution >= 4 is 5.91 Å². The molecule has 0 radical (unpaired) electrons. The molecule has 0 spiro atoms. The molecule has 0 saturated carbocycles. The van der Waals surface area contributed by atoms with Crippen molar-refractivity contribution < 1.29 is 9.53 Å². The van der Waals surface area contributed by atoms with E-state index in [9.17, 15) is 4.79 Å². The minimum absolute atomic E-state index is 0.0795. The molecule has 88 valence electrons. The number of hydrogen-bond donors (Lipinski definition) is 2. The Hall–Kier alpha value is -0.610. The lowest BCUT2D eigenvalue weighted by molar-refractivity contribution is -0.122. The molecule has 4 heteroatoms. The van der Waals surface area contributed by atoms with E-state index in [4.69, 9.17) is 10.5 Å². The molecule has 1 saturated heterocycles. The van der Waals surface area contributed by atoms with Crippen LogP contribution in [0.4, 0.5) is 0 Å². The number of hydrogen-bond acceptors (Lipinski definition) is 3. The van der Waals surface area contributed by atoms with Gasteiger partial charge in [-0.15, -0.1) is 0 Å². The zero-order chi connectivity index (χ0) is 11.1. The second-order valence-electron chi connectivity index (χ2n) is 4.07. The van der Waals surface area contributed by atoms with E-state index >= 15 is 0 Å². The predicted molar refractivity (Wildman–Crippen MR) is 59.4 cm³/mol. The Labute approximate surface area is 91.5 Å². The van der Waals surface area contributed by atoms with Crippen molar-refractivity contribution in [1.82, 2.24) is 5.32 Å². The standard InChI is InChI=1S/C11H22N2O2/c1-2-10(13-11(14)3-6-12)9-4-7-15-8-5-9/h9-10H,2-8,12H2,1H3,(H,13,14). The first kappa shape index (κ1) is 12.5. The Balaban J connectivity index is 2.36. The van der Waals surface area contributed by atoms with E-state index in [2.05, 4.69) is 12.2 Å². The maximum atomic E-state index is 11.4. The predicted octanol–water partition coefficient (Wildman–Crippen LogP) is 0.657. The molecule has 1 atom stereocenters. The van der Waals surface area contributed by atoms with Gasteiger partial charge < -0.3 is 15.8 Å². The number of carbonyl (C=O) groups excluding carboxylic acids is 1. The second-order valence-corrected chi connectivity index (χ2v) is 4.07. The van der Waals surface area contributed by atoms with E-state index in [1.165, 1.54) is 0 Å². The van der Waals surface area contributed by atoms with E-state index < -0.39 is 0 Å². The smallest absolute Gasteiger partial charge is 0.221 e. The van der Waals surface area contributed by atoms with Crippen molar-refractivity contribution in [3.63, 3.8) is 0 Å². The first-order valence-electron chi connectivity index (χ1n) is 5.85. The van der Waals surface area contributed by atoms with Crippen molar-refractivity contribution in [3.05, 3.63) is 0 Å². The summed E-state index contributed by atoms with van der Waals surface area (Å²) in [5.74, 6) is 0.654. The number of carbonyl (C=O) groups is 1. The third kappa shape index (κ3) is 4.18. The Morgan fingerprint density at radius 1 is 1.53 bits per heavy atom. The average Bonchev–Trinajstić information content (AvgIpc) is 2.27. The van der Waals surface area contributed by atoms with Crippen LogP contribution in [-0.4, -0.2) is 31.7 Å². The molecule has 0 aromatic heterocycles.